The van der Waals surface area contributed by atoms with Gasteiger partial charge in [0.05, 0.1) is 23.1 Å². The molecule has 0 aliphatic heterocycles. The Kier molecular flexibility index (Phi) is 4.01. The molecule has 0 bridgehead atoms. The van der Waals surface area contributed by atoms with Crippen LogP contribution in [0.4, 0.5) is 4.39 Å². The van der Waals surface area contributed by atoms with Crippen molar-refractivity contribution in [3.05, 3.63) is 85.1 Å². The first-order chi connectivity index (χ1) is 15.7. The Hall–Kier alpha value is -4.52. The van der Waals surface area contributed by atoms with Gasteiger partial charge in [-0.1, -0.05) is 12.1 Å². The first-order valence-corrected chi connectivity index (χ1v) is 10.0. The molecule has 0 aliphatic carbocycles. The smallest absolute Gasteiger partial charge is 0.127 e. The number of aromatic nitrogens is 5. The number of phenols is 1. The molecule has 3 N–H and O–H groups in total. The van der Waals surface area contributed by atoms with Crippen LogP contribution in [0.15, 0.2) is 79.3 Å². The third kappa shape index (κ3) is 2.99. The summed E-state index contributed by atoms with van der Waals surface area (Å²) in [6.45, 7) is 0. The number of phenolic OH excluding ortho intramolecular Hbond substituents is 1. The van der Waals surface area contributed by atoms with E-state index in [0.29, 0.717) is 5.56 Å². The van der Waals surface area contributed by atoms with E-state index in [4.69, 9.17) is 0 Å². The molecule has 0 fully saturated rings. The topological polar surface area (TPSA) is 90.5 Å². The summed E-state index contributed by atoms with van der Waals surface area (Å²) in [6, 6.07) is 17.6. The Labute approximate surface area is 181 Å². The van der Waals surface area contributed by atoms with Gasteiger partial charge in [0.25, 0.3) is 0 Å². The third-order valence-electron chi connectivity index (χ3n) is 5.52. The molecule has 0 atom stereocenters. The molecule has 0 saturated carbocycles. The summed E-state index contributed by atoms with van der Waals surface area (Å²) in [5.74, 6) is -0.594. The Morgan fingerprint density at radius 1 is 0.844 bits per heavy atom. The number of aromatic amines is 2. The lowest BCUT2D eigenvalue weighted by atomic mass is 10.0. The first-order valence-electron chi connectivity index (χ1n) is 10.0. The third-order valence-corrected chi connectivity index (χ3v) is 5.52. The Morgan fingerprint density at radius 3 is 2.62 bits per heavy atom. The minimum atomic E-state index is -0.485. The molecule has 6 nitrogen and oxygen atoms in total. The van der Waals surface area contributed by atoms with Gasteiger partial charge >= 0.3 is 0 Å². The van der Waals surface area contributed by atoms with E-state index in [-0.39, 0.29) is 5.75 Å². The second kappa shape index (κ2) is 7.02. The number of fused-ring (bicyclic) bond motifs is 2. The van der Waals surface area contributed by atoms with E-state index in [0.717, 1.165) is 56.1 Å². The van der Waals surface area contributed by atoms with Crippen LogP contribution < -0.4 is 0 Å². The SMILES string of the molecule is Oc1cc(F)cc(-c2cccc3[nH]c(-c4n[nH]c5cnc(-c6cccnc6)cc45)cc23)c1. The highest BCUT2D eigenvalue weighted by molar-refractivity contribution is 6.01. The van der Waals surface area contributed by atoms with E-state index in [1.807, 2.05) is 42.5 Å². The monoisotopic (exact) mass is 421 g/mol. The highest BCUT2D eigenvalue weighted by atomic mass is 19.1. The summed E-state index contributed by atoms with van der Waals surface area (Å²) < 4.78 is 13.9. The van der Waals surface area contributed by atoms with Crippen molar-refractivity contribution in [1.29, 1.82) is 0 Å². The summed E-state index contributed by atoms with van der Waals surface area (Å²) in [5.41, 5.74) is 6.44. The van der Waals surface area contributed by atoms with Crippen LogP contribution in [0.3, 0.4) is 0 Å². The summed E-state index contributed by atoms with van der Waals surface area (Å²) in [7, 11) is 0. The predicted molar refractivity (Wildman–Crippen MR) is 121 cm³/mol. The number of H-pyrrole nitrogens is 2. The van der Waals surface area contributed by atoms with Crippen LogP contribution in [-0.2, 0) is 0 Å². The van der Waals surface area contributed by atoms with Gasteiger partial charge in [0, 0.05) is 40.3 Å². The predicted octanol–water partition coefficient (Wildman–Crippen LogP) is 5.68. The maximum atomic E-state index is 13.9. The van der Waals surface area contributed by atoms with E-state index in [9.17, 15) is 9.50 Å². The van der Waals surface area contributed by atoms with Gasteiger partial charge in [0.1, 0.15) is 17.3 Å². The molecule has 0 spiro atoms. The van der Waals surface area contributed by atoms with E-state index in [1.54, 1.807) is 24.7 Å². The van der Waals surface area contributed by atoms with E-state index in [2.05, 4.69) is 25.1 Å². The van der Waals surface area contributed by atoms with Crippen LogP contribution >= 0.6 is 0 Å². The Bertz CT molecular complexity index is 1580. The lowest BCUT2D eigenvalue weighted by Crippen LogP contribution is -1.85. The molecular formula is C25H16FN5O. The molecule has 4 aromatic heterocycles. The van der Waals surface area contributed by atoms with Gasteiger partial charge in [-0.3, -0.25) is 15.1 Å². The molecule has 6 aromatic rings. The van der Waals surface area contributed by atoms with Gasteiger partial charge in [-0.05, 0) is 53.6 Å². The average Bonchev–Trinajstić information content (AvgIpc) is 3.42. The zero-order valence-corrected chi connectivity index (χ0v) is 16.7. The lowest BCUT2D eigenvalue weighted by molar-refractivity contribution is 0.469. The van der Waals surface area contributed by atoms with Crippen molar-refractivity contribution in [1.82, 2.24) is 25.1 Å². The number of benzene rings is 2. The Balaban J connectivity index is 1.52. The molecule has 7 heteroatoms. The molecular weight excluding hydrogens is 405 g/mol. The van der Waals surface area contributed by atoms with Crippen LogP contribution in [0, 0.1) is 5.82 Å². The minimum absolute atomic E-state index is 0.110. The van der Waals surface area contributed by atoms with E-state index < -0.39 is 5.82 Å². The largest absolute Gasteiger partial charge is 0.508 e. The van der Waals surface area contributed by atoms with Crippen LogP contribution in [0.25, 0.3) is 55.6 Å². The summed E-state index contributed by atoms with van der Waals surface area (Å²) in [6.07, 6.45) is 5.26. The number of aromatic hydroxyl groups is 1. The van der Waals surface area contributed by atoms with Crippen molar-refractivity contribution in [2.45, 2.75) is 0 Å². The van der Waals surface area contributed by atoms with Crippen molar-refractivity contribution < 1.29 is 9.50 Å². The maximum absolute atomic E-state index is 13.9. The highest BCUT2D eigenvalue weighted by Gasteiger charge is 2.15. The zero-order valence-electron chi connectivity index (χ0n) is 16.7. The zero-order chi connectivity index (χ0) is 21.7. The van der Waals surface area contributed by atoms with Crippen LogP contribution in [-0.4, -0.2) is 30.3 Å². The van der Waals surface area contributed by atoms with Gasteiger partial charge in [0.15, 0.2) is 0 Å². The van der Waals surface area contributed by atoms with Crippen LogP contribution in [0.2, 0.25) is 0 Å². The van der Waals surface area contributed by atoms with E-state index >= 15 is 0 Å². The molecule has 0 saturated heterocycles. The van der Waals surface area contributed by atoms with Gasteiger partial charge in [-0.15, -0.1) is 0 Å². The molecule has 4 heterocycles. The molecule has 2 aromatic carbocycles. The van der Waals surface area contributed by atoms with Crippen molar-refractivity contribution in [3.63, 3.8) is 0 Å². The first kappa shape index (κ1) is 18.3. The fourth-order valence-corrected chi connectivity index (χ4v) is 4.06. The standard InChI is InChI=1S/C25H16FN5O/c26-16-7-15(8-17(32)9-16)18-4-1-5-21-19(18)10-23(29-21)25-20-11-22(14-3-2-6-27-12-14)28-13-24(20)30-31-25/h1-13,29,32H,(H,30,31). The number of hydrogen-bond donors (Lipinski definition) is 3. The molecule has 6 rings (SSSR count). The number of pyridine rings is 2. The fraction of sp³-hybridized carbons (Fsp3) is 0. The van der Waals surface area contributed by atoms with Gasteiger partial charge < -0.3 is 10.1 Å². The van der Waals surface area contributed by atoms with Gasteiger partial charge in [-0.25, -0.2) is 4.39 Å². The summed E-state index contributed by atoms with van der Waals surface area (Å²) in [4.78, 5) is 12.1. The number of rotatable bonds is 3. The van der Waals surface area contributed by atoms with Gasteiger partial charge in [-0.2, -0.15) is 5.10 Å². The minimum Gasteiger partial charge on any atom is -0.508 e. The summed E-state index contributed by atoms with van der Waals surface area (Å²) in [5, 5.41) is 19.2. The van der Waals surface area contributed by atoms with Crippen molar-refractivity contribution in [3.8, 4) is 39.5 Å². The van der Waals surface area contributed by atoms with Crippen molar-refractivity contribution >= 4 is 21.8 Å². The lowest BCUT2D eigenvalue weighted by Gasteiger charge is -2.05. The number of hydrogen-bond acceptors (Lipinski definition) is 4. The quantitative estimate of drug-likeness (QED) is 0.343. The van der Waals surface area contributed by atoms with E-state index in [1.165, 1.54) is 6.07 Å². The Morgan fingerprint density at radius 2 is 1.78 bits per heavy atom. The second-order valence-corrected chi connectivity index (χ2v) is 7.58. The molecule has 0 radical (unpaired) electrons. The van der Waals surface area contributed by atoms with Crippen LogP contribution in [0.5, 0.6) is 5.75 Å². The second-order valence-electron chi connectivity index (χ2n) is 7.58. The fourth-order valence-electron chi connectivity index (χ4n) is 4.06. The average molecular weight is 421 g/mol. The molecule has 154 valence electrons. The summed E-state index contributed by atoms with van der Waals surface area (Å²) >= 11 is 0. The van der Waals surface area contributed by atoms with Gasteiger partial charge in [0.2, 0.25) is 0 Å². The maximum Gasteiger partial charge on any atom is 0.127 e. The van der Waals surface area contributed by atoms with Crippen molar-refractivity contribution in [2.75, 3.05) is 0 Å². The molecule has 0 unspecified atom stereocenters. The number of halogens is 1. The van der Waals surface area contributed by atoms with Crippen LogP contribution in [0.1, 0.15) is 0 Å². The molecule has 0 aliphatic rings. The number of nitrogens with zero attached hydrogens (tertiary/aromatic N) is 3. The normalized spacial score (nSPS) is 11.4. The molecule has 32 heavy (non-hydrogen) atoms. The van der Waals surface area contributed by atoms with Crippen molar-refractivity contribution in [2.24, 2.45) is 0 Å². The number of nitrogens with one attached hydrogen (secondary N) is 2. The highest BCUT2D eigenvalue weighted by Crippen LogP contribution is 2.35. The molecule has 0 amide bonds.